The van der Waals surface area contributed by atoms with Gasteiger partial charge in [0.05, 0.1) is 12.6 Å². The fraction of sp³-hybridized carbons (Fsp3) is 0.550. The zero-order chi connectivity index (χ0) is 19.2. The maximum absolute atomic E-state index is 12.5. The molecule has 1 aliphatic heterocycles. The van der Waals surface area contributed by atoms with Gasteiger partial charge in [0.25, 0.3) is 0 Å². The molecule has 1 N–H and O–H groups in total. The highest BCUT2D eigenvalue weighted by atomic mass is 16.2. The van der Waals surface area contributed by atoms with Gasteiger partial charge < -0.3 is 10.2 Å². The van der Waals surface area contributed by atoms with Gasteiger partial charge in [-0.15, -0.1) is 0 Å². The van der Waals surface area contributed by atoms with Crippen molar-refractivity contribution < 1.29 is 4.79 Å². The van der Waals surface area contributed by atoms with Crippen LogP contribution in [0.1, 0.15) is 37.7 Å². The van der Waals surface area contributed by atoms with E-state index in [-0.39, 0.29) is 11.9 Å². The summed E-state index contributed by atoms with van der Waals surface area (Å²) in [5.74, 6) is 0.883. The number of aryl methyl sites for hydroxylation is 2. The summed E-state index contributed by atoms with van der Waals surface area (Å²) in [5.41, 5.74) is 2.55. The Hall–Kier alpha value is -2.41. The Labute approximate surface area is 161 Å². The third-order valence-electron chi connectivity index (χ3n) is 5.11. The molecule has 2 heterocycles. The monoisotopic (exact) mass is 370 g/mol. The molecular formula is C20H30N6O. The third kappa shape index (κ3) is 4.86. The van der Waals surface area contributed by atoms with Crippen molar-refractivity contribution in [1.82, 2.24) is 25.0 Å². The van der Waals surface area contributed by atoms with Gasteiger partial charge in [0.1, 0.15) is 12.2 Å². The van der Waals surface area contributed by atoms with Crippen LogP contribution in [-0.2, 0) is 11.3 Å². The molecule has 146 valence electrons. The van der Waals surface area contributed by atoms with Gasteiger partial charge in [0, 0.05) is 38.4 Å². The second kappa shape index (κ2) is 8.99. The lowest BCUT2D eigenvalue weighted by Gasteiger charge is -2.36. The molecule has 1 aliphatic rings. The fourth-order valence-electron chi connectivity index (χ4n) is 3.57. The SMILES string of the molecule is CCC(NC(=O)CN1CCN(c2cccc(C)c2)CC1)c1ncnn1CC. The molecule has 1 saturated heterocycles. The molecule has 7 heteroatoms. The Kier molecular flexibility index (Phi) is 6.45. The number of nitrogens with zero attached hydrogens (tertiary/aromatic N) is 5. The maximum Gasteiger partial charge on any atom is 0.234 e. The highest BCUT2D eigenvalue weighted by Crippen LogP contribution is 2.18. The molecule has 0 radical (unpaired) electrons. The van der Waals surface area contributed by atoms with Crippen molar-refractivity contribution in [1.29, 1.82) is 0 Å². The van der Waals surface area contributed by atoms with E-state index < -0.39 is 0 Å². The lowest BCUT2D eigenvalue weighted by molar-refractivity contribution is -0.123. The van der Waals surface area contributed by atoms with Crippen molar-refractivity contribution in [3.05, 3.63) is 42.0 Å². The van der Waals surface area contributed by atoms with Crippen LogP contribution >= 0.6 is 0 Å². The number of carbonyl (C=O) groups excluding carboxylic acids is 1. The maximum atomic E-state index is 12.5. The van der Waals surface area contributed by atoms with Crippen LogP contribution in [0.3, 0.4) is 0 Å². The minimum atomic E-state index is -0.0893. The molecule has 7 nitrogen and oxygen atoms in total. The minimum absolute atomic E-state index is 0.0523. The molecule has 1 amide bonds. The van der Waals surface area contributed by atoms with Crippen molar-refractivity contribution in [2.24, 2.45) is 0 Å². The first kappa shape index (κ1) is 19.4. The summed E-state index contributed by atoms with van der Waals surface area (Å²) >= 11 is 0. The number of amides is 1. The second-order valence-electron chi connectivity index (χ2n) is 7.06. The molecule has 1 atom stereocenters. The van der Waals surface area contributed by atoms with Crippen molar-refractivity contribution in [2.75, 3.05) is 37.6 Å². The number of hydrogen-bond acceptors (Lipinski definition) is 5. The molecule has 1 aromatic heterocycles. The number of nitrogens with one attached hydrogen (secondary N) is 1. The molecule has 3 rings (SSSR count). The van der Waals surface area contributed by atoms with Gasteiger partial charge in [-0.2, -0.15) is 5.10 Å². The number of hydrogen-bond donors (Lipinski definition) is 1. The average Bonchev–Trinajstić information content (AvgIpc) is 3.15. The number of carbonyl (C=O) groups is 1. The van der Waals surface area contributed by atoms with Crippen molar-refractivity contribution in [2.45, 2.75) is 39.8 Å². The van der Waals surface area contributed by atoms with E-state index in [0.29, 0.717) is 6.54 Å². The van der Waals surface area contributed by atoms with Gasteiger partial charge in [0.15, 0.2) is 0 Å². The number of piperazine rings is 1. The predicted molar refractivity (Wildman–Crippen MR) is 107 cm³/mol. The first-order chi connectivity index (χ1) is 13.1. The van der Waals surface area contributed by atoms with E-state index in [0.717, 1.165) is 45.0 Å². The number of rotatable bonds is 7. The zero-order valence-corrected chi connectivity index (χ0v) is 16.6. The zero-order valence-electron chi connectivity index (χ0n) is 16.6. The predicted octanol–water partition coefficient (Wildman–Crippen LogP) is 2.00. The van der Waals surface area contributed by atoms with E-state index >= 15 is 0 Å². The van der Waals surface area contributed by atoms with E-state index in [1.165, 1.54) is 11.3 Å². The van der Waals surface area contributed by atoms with Crippen molar-refractivity contribution >= 4 is 11.6 Å². The lowest BCUT2D eigenvalue weighted by atomic mass is 10.2. The Bertz CT molecular complexity index is 750. The molecule has 1 unspecified atom stereocenters. The summed E-state index contributed by atoms with van der Waals surface area (Å²) < 4.78 is 1.84. The van der Waals surface area contributed by atoms with Gasteiger partial charge in [-0.3, -0.25) is 9.69 Å². The van der Waals surface area contributed by atoms with Crippen LogP contribution in [0.5, 0.6) is 0 Å². The largest absolute Gasteiger partial charge is 0.369 e. The second-order valence-corrected chi connectivity index (χ2v) is 7.06. The van der Waals surface area contributed by atoms with Gasteiger partial charge in [-0.25, -0.2) is 9.67 Å². The van der Waals surface area contributed by atoms with Gasteiger partial charge in [0.2, 0.25) is 5.91 Å². The van der Waals surface area contributed by atoms with Crippen molar-refractivity contribution in [3.8, 4) is 0 Å². The number of anilines is 1. The Morgan fingerprint density at radius 2 is 2.00 bits per heavy atom. The van der Waals surface area contributed by atoms with Gasteiger partial charge in [-0.05, 0) is 38.0 Å². The van der Waals surface area contributed by atoms with Crippen LogP contribution in [0.15, 0.2) is 30.6 Å². The summed E-state index contributed by atoms with van der Waals surface area (Å²) in [4.78, 5) is 21.5. The van der Waals surface area contributed by atoms with Gasteiger partial charge in [-0.1, -0.05) is 19.1 Å². The molecule has 0 saturated carbocycles. The Morgan fingerprint density at radius 3 is 2.67 bits per heavy atom. The number of benzene rings is 1. The summed E-state index contributed by atoms with van der Waals surface area (Å²) in [6, 6.07) is 8.51. The summed E-state index contributed by atoms with van der Waals surface area (Å²) in [6.45, 7) is 11.1. The average molecular weight is 371 g/mol. The smallest absolute Gasteiger partial charge is 0.234 e. The molecule has 0 spiro atoms. The minimum Gasteiger partial charge on any atom is -0.369 e. The quantitative estimate of drug-likeness (QED) is 0.807. The third-order valence-corrected chi connectivity index (χ3v) is 5.11. The van der Waals surface area contributed by atoms with Crippen LogP contribution in [-0.4, -0.2) is 58.3 Å². The molecule has 0 bridgehead atoms. The lowest BCUT2D eigenvalue weighted by Crippen LogP contribution is -2.50. The van der Waals surface area contributed by atoms with Crippen LogP contribution < -0.4 is 10.2 Å². The van der Waals surface area contributed by atoms with Crippen LogP contribution in [0.2, 0.25) is 0 Å². The topological polar surface area (TPSA) is 66.3 Å². The van der Waals surface area contributed by atoms with Crippen LogP contribution in [0, 0.1) is 6.92 Å². The first-order valence-electron chi connectivity index (χ1n) is 9.81. The normalized spacial score (nSPS) is 16.3. The molecule has 2 aromatic rings. The Morgan fingerprint density at radius 1 is 1.22 bits per heavy atom. The molecule has 0 aliphatic carbocycles. The van der Waals surface area contributed by atoms with E-state index in [9.17, 15) is 4.79 Å². The van der Waals surface area contributed by atoms with E-state index in [1.54, 1.807) is 6.33 Å². The van der Waals surface area contributed by atoms with E-state index in [2.05, 4.69) is 63.3 Å². The van der Waals surface area contributed by atoms with E-state index in [4.69, 9.17) is 0 Å². The molecule has 1 fully saturated rings. The van der Waals surface area contributed by atoms with Gasteiger partial charge >= 0.3 is 0 Å². The van der Waals surface area contributed by atoms with Crippen LogP contribution in [0.4, 0.5) is 5.69 Å². The summed E-state index contributed by atoms with van der Waals surface area (Å²) in [6.07, 6.45) is 2.35. The Balaban J connectivity index is 1.50. The summed E-state index contributed by atoms with van der Waals surface area (Å²) in [5, 5.41) is 7.33. The van der Waals surface area contributed by atoms with Crippen molar-refractivity contribution in [3.63, 3.8) is 0 Å². The van der Waals surface area contributed by atoms with Crippen LogP contribution in [0.25, 0.3) is 0 Å². The first-order valence-corrected chi connectivity index (χ1v) is 9.81. The molecule has 27 heavy (non-hydrogen) atoms. The molecule has 1 aromatic carbocycles. The van der Waals surface area contributed by atoms with E-state index in [1.807, 2.05) is 11.6 Å². The molecular weight excluding hydrogens is 340 g/mol. The highest BCUT2D eigenvalue weighted by molar-refractivity contribution is 5.78. The number of aromatic nitrogens is 3. The fourth-order valence-corrected chi connectivity index (χ4v) is 3.57. The highest BCUT2D eigenvalue weighted by Gasteiger charge is 2.22. The standard InChI is InChI=1S/C20H30N6O/c1-4-18(20-21-15-22-26(20)5-2)23-19(27)14-24-9-11-25(12-10-24)17-8-6-7-16(3)13-17/h6-8,13,15,18H,4-5,9-12,14H2,1-3H3,(H,23,27). The summed E-state index contributed by atoms with van der Waals surface area (Å²) in [7, 11) is 0.